The summed E-state index contributed by atoms with van der Waals surface area (Å²) in [4.78, 5) is 11.0. The minimum Gasteiger partial charge on any atom is -0.493 e. The third-order valence-electron chi connectivity index (χ3n) is 4.05. The van der Waals surface area contributed by atoms with E-state index >= 15 is 0 Å². The van der Waals surface area contributed by atoms with Gasteiger partial charge in [0, 0.05) is 11.6 Å². The Hall–Kier alpha value is -2.51. The highest BCUT2D eigenvalue weighted by atomic mass is 35.5. The van der Waals surface area contributed by atoms with E-state index in [0.717, 1.165) is 25.7 Å². The molecule has 0 aromatic heterocycles. The molecule has 0 aliphatic rings. The zero-order valence-electron chi connectivity index (χ0n) is 16.3. The van der Waals surface area contributed by atoms with Gasteiger partial charge in [0.2, 0.25) is 5.75 Å². The van der Waals surface area contributed by atoms with Gasteiger partial charge in [0.15, 0.2) is 5.75 Å². The number of benzene rings is 2. The summed E-state index contributed by atoms with van der Waals surface area (Å²) in [7, 11) is 1.44. The number of ether oxygens (including phenoxy) is 2. The second-order valence-corrected chi connectivity index (χ2v) is 7.05. The fourth-order valence-electron chi connectivity index (χ4n) is 2.57. The van der Waals surface area contributed by atoms with Crippen LogP contribution in [0.4, 0.5) is 11.4 Å². The Kier molecular flexibility index (Phi) is 9.02. The van der Waals surface area contributed by atoms with Crippen molar-refractivity contribution in [1.29, 1.82) is 0 Å². The Labute approximate surface area is 179 Å². The third-order valence-corrected chi connectivity index (χ3v) is 4.78. The lowest BCUT2D eigenvalue weighted by molar-refractivity contribution is -0.386. The van der Waals surface area contributed by atoms with E-state index in [-0.39, 0.29) is 17.2 Å². The Bertz CT molecular complexity index is 875. The number of halogens is 2. The summed E-state index contributed by atoms with van der Waals surface area (Å²) in [6.45, 7) is 2.51. The van der Waals surface area contributed by atoms with Gasteiger partial charge < -0.3 is 9.47 Å². The van der Waals surface area contributed by atoms with E-state index in [4.69, 9.17) is 32.7 Å². The average Bonchev–Trinajstić information content (AvgIpc) is 2.70. The maximum absolute atomic E-state index is 11.5. The van der Waals surface area contributed by atoms with Crippen molar-refractivity contribution in [2.75, 3.05) is 19.1 Å². The van der Waals surface area contributed by atoms with Crippen LogP contribution in [-0.4, -0.2) is 24.9 Å². The Morgan fingerprint density at radius 3 is 2.62 bits per heavy atom. The number of methoxy groups -OCH3 is 1. The number of nitro groups is 1. The minimum atomic E-state index is -0.492. The molecule has 0 saturated heterocycles. The highest BCUT2D eigenvalue weighted by molar-refractivity contribution is 6.42. The van der Waals surface area contributed by atoms with Crippen molar-refractivity contribution in [2.45, 2.75) is 32.6 Å². The van der Waals surface area contributed by atoms with E-state index in [0.29, 0.717) is 27.9 Å². The number of rotatable bonds is 11. The van der Waals surface area contributed by atoms with Crippen LogP contribution in [0, 0.1) is 10.1 Å². The van der Waals surface area contributed by atoms with E-state index in [9.17, 15) is 10.1 Å². The van der Waals surface area contributed by atoms with Gasteiger partial charge >= 0.3 is 5.69 Å². The number of anilines is 1. The highest BCUT2D eigenvalue weighted by Gasteiger charge is 2.22. The first-order valence-electron chi connectivity index (χ1n) is 9.19. The van der Waals surface area contributed by atoms with E-state index in [1.165, 1.54) is 19.4 Å². The van der Waals surface area contributed by atoms with Gasteiger partial charge in [-0.2, -0.15) is 5.10 Å². The zero-order valence-corrected chi connectivity index (χ0v) is 17.8. The lowest BCUT2D eigenvalue weighted by Gasteiger charge is -2.12. The topological polar surface area (TPSA) is 86.0 Å². The zero-order chi connectivity index (χ0) is 21.2. The normalized spacial score (nSPS) is 10.9. The van der Waals surface area contributed by atoms with Crippen LogP contribution in [0.2, 0.25) is 10.0 Å². The Morgan fingerprint density at radius 1 is 1.17 bits per heavy atom. The largest absolute Gasteiger partial charge is 0.493 e. The van der Waals surface area contributed by atoms with Gasteiger partial charge in [0.1, 0.15) is 0 Å². The molecule has 7 nitrogen and oxygen atoms in total. The number of unbranched alkanes of at least 4 members (excludes halogenated alkanes) is 3. The standard InChI is InChI=1S/C20H23Cl2N3O4/c1-3-4-5-6-9-29-20-18(25(26)27)10-14(11-19(20)28-2)13-23-24-15-7-8-16(21)17(22)12-15/h7-8,10-13,24H,3-6,9H2,1-2H3. The van der Waals surface area contributed by atoms with Gasteiger partial charge in [-0.05, 0) is 30.7 Å². The molecule has 2 aromatic rings. The lowest BCUT2D eigenvalue weighted by Crippen LogP contribution is -2.04. The first-order valence-corrected chi connectivity index (χ1v) is 9.95. The maximum Gasteiger partial charge on any atom is 0.315 e. The molecule has 2 aromatic carbocycles. The number of hydrazone groups is 1. The molecular weight excluding hydrogens is 417 g/mol. The Morgan fingerprint density at radius 2 is 1.97 bits per heavy atom. The number of nitrogens with zero attached hydrogens (tertiary/aromatic N) is 2. The fraction of sp³-hybridized carbons (Fsp3) is 0.350. The minimum absolute atomic E-state index is 0.128. The van der Waals surface area contributed by atoms with Crippen LogP contribution in [0.1, 0.15) is 38.2 Å². The van der Waals surface area contributed by atoms with Crippen LogP contribution < -0.4 is 14.9 Å². The second-order valence-electron chi connectivity index (χ2n) is 6.24. The van der Waals surface area contributed by atoms with Crippen LogP contribution in [-0.2, 0) is 0 Å². The molecule has 0 aliphatic heterocycles. The first-order chi connectivity index (χ1) is 14.0. The summed E-state index contributed by atoms with van der Waals surface area (Å²) in [6, 6.07) is 8.00. The van der Waals surface area contributed by atoms with Gasteiger partial charge in [-0.25, -0.2) is 0 Å². The SMILES string of the molecule is CCCCCCOc1c(OC)cc(C=NNc2ccc(Cl)c(Cl)c2)cc1[N+](=O)[O-]. The molecule has 9 heteroatoms. The number of nitrogens with one attached hydrogen (secondary N) is 1. The summed E-state index contributed by atoms with van der Waals surface area (Å²) < 4.78 is 11.0. The number of hydrogen-bond acceptors (Lipinski definition) is 6. The molecule has 0 radical (unpaired) electrons. The van der Waals surface area contributed by atoms with Gasteiger partial charge in [-0.3, -0.25) is 15.5 Å². The van der Waals surface area contributed by atoms with Crippen molar-refractivity contribution in [3.8, 4) is 11.5 Å². The molecule has 29 heavy (non-hydrogen) atoms. The molecule has 0 heterocycles. The van der Waals surface area contributed by atoms with Gasteiger partial charge in [-0.1, -0.05) is 49.4 Å². The molecule has 0 aliphatic carbocycles. The molecule has 2 rings (SSSR count). The monoisotopic (exact) mass is 439 g/mol. The summed E-state index contributed by atoms with van der Waals surface area (Å²) in [5.41, 5.74) is 3.74. The smallest absolute Gasteiger partial charge is 0.315 e. The van der Waals surface area contributed by atoms with Crippen LogP contribution >= 0.6 is 23.2 Å². The lowest BCUT2D eigenvalue weighted by atomic mass is 10.1. The van der Waals surface area contributed by atoms with Crippen molar-refractivity contribution in [3.63, 3.8) is 0 Å². The van der Waals surface area contributed by atoms with Crippen molar-refractivity contribution in [1.82, 2.24) is 0 Å². The number of hydrogen-bond donors (Lipinski definition) is 1. The number of nitro benzene ring substituents is 1. The van der Waals surface area contributed by atoms with Crippen LogP contribution in [0.3, 0.4) is 0 Å². The van der Waals surface area contributed by atoms with E-state index in [2.05, 4.69) is 17.5 Å². The first kappa shape index (κ1) is 22.8. The van der Waals surface area contributed by atoms with Crippen LogP contribution in [0.15, 0.2) is 35.4 Å². The van der Waals surface area contributed by atoms with Crippen molar-refractivity contribution in [2.24, 2.45) is 5.10 Å². The molecule has 0 saturated carbocycles. The predicted molar refractivity (Wildman–Crippen MR) is 117 cm³/mol. The van der Waals surface area contributed by atoms with Crippen molar-refractivity contribution >= 4 is 40.8 Å². The van der Waals surface area contributed by atoms with E-state index in [1.54, 1.807) is 24.3 Å². The van der Waals surface area contributed by atoms with Crippen LogP contribution in [0.25, 0.3) is 0 Å². The van der Waals surface area contributed by atoms with Crippen LogP contribution in [0.5, 0.6) is 11.5 Å². The maximum atomic E-state index is 11.5. The van der Waals surface area contributed by atoms with Crippen molar-refractivity contribution < 1.29 is 14.4 Å². The van der Waals surface area contributed by atoms with Gasteiger partial charge in [0.25, 0.3) is 0 Å². The fourth-order valence-corrected chi connectivity index (χ4v) is 2.86. The molecule has 0 atom stereocenters. The molecule has 0 bridgehead atoms. The summed E-state index contributed by atoms with van der Waals surface area (Å²) in [5.74, 6) is 0.411. The van der Waals surface area contributed by atoms with Gasteiger partial charge in [-0.15, -0.1) is 0 Å². The molecule has 0 amide bonds. The molecule has 0 spiro atoms. The average molecular weight is 440 g/mol. The summed E-state index contributed by atoms with van der Waals surface area (Å²) >= 11 is 11.8. The van der Waals surface area contributed by atoms with Crippen molar-refractivity contribution in [3.05, 3.63) is 56.1 Å². The Balaban J connectivity index is 2.16. The molecule has 0 fully saturated rings. The summed E-state index contributed by atoms with van der Waals surface area (Å²) in [5, 5.41) is 16.4. The van der Waals surface area contributed by atoms with E-state index < -0.39 is 4.92 Å². The summed E-state index contributed by atoms with van der Waals surface area (Å²) in [6.07, 6.45) is 5.49. The predicted octanol–water partition coefficient (Wildman–Crippen LogP) is 6.32. The van der Waals surface area contributed by atoms with Gasteiger partial charge in [0.05, 0.1) is 40.6 Å². The molecule has 1 N–H and O–H groups in total. The quantitative estimate of drug-likeness (QED) is 0.191. The molecule has 156 valence electrons. The second kappa shape index (κ2) is 11.5. The third kappa shape index (κ3) is 6.80. The molecular formula is C20H23Cl2N3O4. The van der Waals surface area contributed by atoms with E-state index in [1.807, 2.05) is 0 Å². The molecule has 0 unspecified atom stereocenters. The highest BCUT2D eigenvalue weighted by Crippen LogP contribution is 2.38.